The third-order valence-corrected chi connectivity index (χ3v) is 7.85. The summed E-state index contributed by atoms with van der Waals surface area (Å²) in [6.07, 6.45) is 11.6. The number of fused-ring (bicyclic) bond motifs is 3. The third-order valence-electron chi connectivity index (χ3n) is 7.85. The van der Waals surface area contributed by atoms with Crippen molar-refractivity contribution in [3.63, 3.8) is 0 Å². The molecule has 0 bridgehead atoms. The van der Waals surface area contributed by atoms with E-state index in [1.54, 1.807) is 5.57 Å². The SMILES string of the molecule is CCC1(C)CCC2C(=CCC3C(C)(C(=O)O)CCCC23C)C1. The topological polar surface area (TPSA) is 37.3 Å². The van der Waals surface area contributed by atoms with Crippen molar-refractivity contribution in [1.82, 2.24) is 0 Å². The Balaban J connectivity index is 1.96. The van der Waals surface area contributed by atoms with Gasteiger partial charge >= 0.3 is 5.97 Å². The summed E-state index contributed by atoms with van der Waals surface area (Å²) in [5.74, 6) is 0.366. The summed E-state index contributed by atoms with van der Waals surface area (Å²) >= 11 is 0. The van der Waals surface area contributed by atoms with E-state index in [0.717, 1.165) is 19.3 Å². The second kappa shape index (κ2) is 5.11. The fourth-order valence-corrected chi connectivity index (χ4v) is 6.04. The van der Waals surface area contributed by atoms with Crippen LogP contribution in [0.25, 0.3) is 0 Å². The highest BCUT2D eigenvalue weighted by molar-refractivity contribution is 5.75. The molecule has 0 aromatic rings. The van der Waals surface area contributed by atoms with Gasteiger partial charge < -0.3 is 5.11 Å². The molecule has 2 heteroatoms. The third kappa shape index (κ3) is 2.17. The van der Waals surface area contributed by atoms with Crippen LogP contribution in [-0.4, -0.2) is 11.1 Å². The lowest BCUT2D eigenvalue weighted by Crippen LogP contribution is -2.53. The van der Waals surface area contributed by atoms with E-state index in [0.29, 0.717) is 17.3 Å². The lowest BCUT2D eigenvalue weighted by molar-refractivity contribution is -0.163. The van der Waals surface area contributed by atoms with E-state index in [4.69, 9.17) is 0 Å². The molecule has 22 heavy (non-hydrogen) atoms. The molecule has 3 aliphatic rings. The first kappa shape index (κ1) is 16.1. The Bertz CT molecular complexity index is 508. The van der Waals surface area contributed by atoms with Gasteiger partial charge in [-0.15, -0.1) is 0 Å². The molecule has 0 radical (unpaired) electrons. The van der Waals surface area contributed by atoms with Crippen molar-refractivity contribution < 1.29 is 9.90 Å². The molecule has 5 atom stereocenters. The van der Waals surface area contributed by atoms with E-state index < -0.39 is 11.4 Å². The highest BCUT2D eigenvalue weighted by Crippen LogP contribution is 2.63. The summed E-state index contributed by atoms with van der Waals surface area (Å²) in [5, 5.41) is 9.85. The zero-order chi connectivity index (χ0) is 16.2. The van der Waals surface area contributed by atoms with Gasteiger partial charge in [0.1, 0.15) is 0 Å². The number of hydrogen-bond acceptors (Lipinski definition) is 1. The largest absolute Gasteiger partial charge is 0.481 e. The number of carbonyl (C=O) groups is 1. The molecule has 0 saturated heterocycles. The molecule has 0 aromatic carbocycles. The Hall–Kier alpha value is -0.790. The van der Waals surface area contributed by atoms with E-state index in [-0.39, 0.29) is 5.41 Å². The van der Waals surface area contributed by atoms with Gasteiger partial charge in [-0.1, -0.05) is 45.3 Å². The second-order valence-corrected chi connectivity index (χ2v) is 9.08. The van der Waals surface area contributed by atoms with E-state index >= 15 is 0 Å². The average Bonchev–Trinajstić information content (AvgIpc) is 2.46. The van der Waals surface area contributed by atoms with Gasteiger partial charge in [-0.05, 0) is 68.1 Å². The Morgan fingerprint density at radius 2 is 2.00 bits per heavy atom. The van der Waals surface area contributed by atoms with Crippen LogP contribution in [0.15, 0.2) is 11.6 Å². The monoisotopic (exact) mass is 304 g/mol. The minimum absolute atomic E-state index is 0.199. The highest BCUT2D eigenvalue weighted by Gasteiger charge is 2.58. The van der Waals surface area contributed by atoms with Crippen molar-refractivity contribution in [1.29, 1.82) is 0 Å². The Morgan fingerprint density at radius 3 is 2.64 bits per heavy atom. The number of aliphatic carboxylic acids is 1. The smallest absolute Gasteiger partial charge is 0.309 e. The normalized spacial score (nSPS) is 48.1. The van der Waals surface area contributed by atoms with Gasteiger partial charge in [-0.3, -0.25) is 4.79 Å². The van der Waals surface area contributed by atoms with E-state index in [1.807, 2.05) is 6.92 Å². The molecule has 2 saturated carbocycles. The molecule has 2 fully saturated rings. The van der Waals surface area contributed by atoms with Crippen molar-refractivity contribution in [3.8, 4) is 0 Å². The fraction of sp³-hybridized carbons (Fsp3) is 0.850. The van der Waals surface area contributed by atoms with Crippen LogP contribution in [0.4, 0.5) is 0 Å². The Morgan fingerprint density at radius 1 is 1.27 bits per heavy atom. The first-order valence-corrected chi connectivity index (χ1v) is 9.17. The van der Waals surface area contributed by atoms with Crippen LogP contribution in [0.1, 0.15) is 79.1 Å². The summed E-state index contributed by atoms with van der Waals surface area (Å²) in [6, 6.07) is 0. The van der Waals surface area contributed by atoms with Crippen molar-refractivity contribution >= 4 is 5.97 Å². The van der Waals surface area contributed by atoms with Crippen LogP contribution in [0.3, 0.4) is 0 Å². The van der Waals surface area contributed by atoms with Crippen LogP contribution in [0.5, 0.6) is 0 Å². The van der Waals surface area contributed by atoms with Gasteiger partial charge in [0.25, 0.3) is 0 Å². The maximum Gasteiger partial charge on any atom is 0.309 e. The standard InChI is InChI=1S/C20H32O2/c1-5-18(2)12-9-15-14(13-18)7-8-16-19(15,3)10-6-11-20(16,4)17(21)22/h7,15-16H,5-6,8-13H2,1-4H3,(H,21,22). The zero-order valence-electron chi connectivity index (χ0n) is 14.7. The summed E-state index contributed by atoms with van der Waals surface area (Å²) in [5.41, 5.74) is 1.80. The number of carboxylic acid groups (broad SMARTS) is 1. The number of carboxylic acids is 1. The number of hydrogen-bond donors (Lipinski definition) is 1. The van der Waals surface area contributed by atoms with Gasteiger partial charge in [0, 0.05) is 0 Å². The molecular weight excluding hydrogens is 272 g/mol. The molecule has 124 valence electrons. The van der Waals surface area contributed by atoms with Crippen molar-refractivity contribution in [2.45, 2.75) is 79.1 Å². The molecule has 0 spiro atoms. The number of allylic oxidation sites excluding steroid dienone is 2. The van der Waals surface area contributed by atoms with Crippen LogP contribution < -0.4 is 0 Å². The minimum Gasteiger partial charge on any atom is -0.481 e. The lowest BCUT2D eigenvalue weighted by atomic mass is 9.45. The first-order chi connectivity index (χ1) is 10.3. The predicted molar refractivity (Wildman–Crippen MR) is 89.6 cm³/mol. The van der Waals surface area contributed by atoms with E-state index in [2.05, 4.69) is 26.8 Å². The van der Waals surface area contributed by atoms with Crippen molar-refractivity contribution in [2.24, 2.45) is 28.1 Å². The van der Waals surface area contributed by atoms with Crippen LogP contribution in [0, 0.1) is 28.1 Å². The van der Waals surface area contributed by atoms with Crippen LogP contribution in [-0.2, 0) is 4.79 Å². The fourth-order valence-electron chi connectivity index (χ4n) is 6.04. The quantitative estimate of drug-likeness (QED) is 0.691. The number of rotatable bonds is 2. The lowest BCUT2D eigenvalue weighted by Gasteiger charge is -2.58. The highest BCUT2D eigenvalue weighted by atomic mass is 16.4. The molecule has 2 nitrogen and oxygen atoms in total. The minimum atomic E-state index is -0.575. The molecule has 3 aliphatic carbocycles. The van der Waals surface area contributed by atoms with Gasteiger partial charge in [0.2, 0.25) is 0 Å². The second-order valence-electron chi connectivity index (χ2n) is 9.08. The Kier molecular flexibility index (Phi) is 3.73. The van der Waals surface area contributed by atoms with Crippen LogP contribution >= 0.6 is 0 Å². The zero-order valence-corrected chi connectivity index (χ0v) is 14.7. The summed E-state index contributed by atoms with van der Waals surface area (Å²) in [7, 11) is 0. The molecule has 1 N–H and O–H groups in total. The van der Waals surface area contributed by atoms with E-state index in [1.165, 1.54) is 32.1 Å². The van der Waals surface area contributed by atoms with Crippen LogP contribution in [0.2, 0.25) is 0 Å². The molecule has 3 rings (SSSR count). The van der Waals surface area contributed by atoms with Gasteiger partial charge in [0.15, 0.2) is 0 Å². The van der Waals surface area contributed by atoms with E-state index in [9.17, 15) is 9.90 Å². The van der Waals surface area contributed by atoms with Crippen molar-refractivity contribution in [3.05, 3.63) is 11.6 Å². The molecular formula is C20H32O2. The van der Waals surface area contributed by atoms with Gasteiger partial charge in [-0.25, -0.2) is 0 Å². The molecule has 5 unspecified atom stereocenters. The molecule has 0 aliphatic heterocycles. The summed E-state index contributed by atoms with van der Waals surface area (Å²) < 4.78 is 0. The summed E-state index contributed by atoms with van der Waals surface area (Å²) in [4.78, 5) is 12.0. The van der Waals surface area contributed by atoms with Crippen molar-refractivity contribution in [2.75, 3.05) is 0 Å². The molecule has 0 heterocycles. The maximum atomic E-state index is 12.0. The predicted octanol–water partition coefficient (Wildman–Crippen LogP) is 5.43. The van der Waals surface area contributed by atoms with Gasteiger partial charge in [-0.2, -0.15) is 0 Å². The maximum absolute atomic E-state index is 12.0. The Labute approximate surface area is 135 Å². The molecule has 0 aromatic heterocycles. The first-order valence-electron chi connectivity index (χ1n) is 9.17. The molecule has 0 amide bonds. The summed E-state index contributed by atoms with van der Waals surface area (Å²) in [6.45, 7) is 9.16. The van der Waals surface area contributed by atoms with Gasteiger partial charge in [0.05, 0.1) is 5.41 Å². The average molecular weight is 304 g/mol.